The van der Waals surface area contributed by atoms with Gasteiger partial charge in [0.05, 0.1) is 10.5 Å². The van der Waals surface area contributed by atoms with Gasteiger partial charge in [-0.3, -0.25) is 14.9 Å². The quantitative estimate of drug-likeness (QED) is 0.451. The molecule has 9 heteroatoms. The minimum atomic E-state index is -0.840. The van der Waals surface area contributed by atoms with Gasteiger partial charge in [-0.25, -0.2) is 9.18 Å². The Labute approximate surface area is 166 Å². The van der Waals surface area contributed by atoms with Crippen molar-refractivity contribution in [2.45, 2.75) is 19.3 Å². The number of benzene rings is 2. The summed E-state index contributed by atoms with van der Waals surface area (Å²) in [6, 6.07) is 9.28. The van der Waals surface area contributed by atoms with Gasteiger partial charge < -0.3 is 15.0 Å². The minimum Gasteiger partial charge on any atom is -0.452 e. The van der Waals surface area contributed by atoms with Gasteiger partial charge >= 0.3 is 5.97 Å². The van der Waals surface area contributed by atoms with E-state index in [0.717, 1.165) is 32.4 Å². The van der Waals surface area contributed by atoms with Gasteiger partial charge in [-0.1, -0.05) is 0 Å². The fraction of sp³-hybridized carbons (Fsp3) is 0.300. The molecule has 29 heavy (non-hydrogen) atoms. The number of nitrogens with one attached hydrogen (secondary N) is 1. The van der Waals surface area contributed by atoms with E-state index >= 15 is 0 Å². The second-order valence-electron chi connectivity index (χ2n) is 6.64. The number of nitro groups is 1. The maximum atomic E-state index is 12.9. The summed E-state index contributed by atoms with van der Waals surface area (Å²) in [4.78, 5) is 37.0. The highest BCUT2D eigenvalue weighted by Crippen LogP contribution is 2.31. The van der Waals surface area contributed by atoms with Gasteiger partial charge in [-0.2, -0.15) is 0 Å². The first-order valence-electron chi connectivity index (χ1n) is 9.20. The van der Waals surface area contributed by atoms with Gasteiger partial charge in [0.2, 0.25) is 0 Å². The predicted molar refractivity (Wildman–Crippen MR) is 104 cm³/mol. The van der Waals surface area contributed by atoms with Gasteiger partial charge in [0.25, 0.3) is 11.6 Å². The first kappa shape index (κ1) is 20.2. The van der Waals surface area contributed by atoms with Gasteiger partial charge in [0, 0.05) is 24.8 Å². The Kier molecular flexibility index (Phi) is 6.38. The maximum Gasteiger partial charge on any atom is 0.338 e. The number of rotatable bonds is 6. The summed E-state index contributed by atoms with van der Waals surface area (Å²) in [6.07, 6.45) is 3.02. The number of amides is 1. The lowest BCUT2D eigenvalue weighted by Crippen LogP contribution is -2.30. The molecule has 0 radical (unpaired) electrons. The van der Waals surface area contributed by atoms with Crippen molar-refractivity contribution in [3.05, 3.63) is 64.0 Å². The lowest BCUT2D eigenvalue weighted by atomic mass is 10.1. The van der Waals surface area contributed by atoms with Crippen LogP contribution in [0, 0.1) is 15.9 Å². The third-order valence-corrected chi connectivity index (χ3v) is 4.57. The minimum absolute atomic E-state index is 0.00737. The van der Waals surface area contributed by atoms with E-state index in [1.54, 1.807) is 6.07 Å². The molecule has 0 saturated carbocycles. The molecule has 0 bridgehead atoms. The number of anilines is 2. The summed E-state index contributed by atoms with van der Waals surface area (Å²) in [7, 11) is 0. The maximum absolute atomic E-state index is 12.9. The molecule has 0 spiro atoms. The Bertz CT molecular complexity index is 911. The lowest BCUT2D eigenvalue weighted by Gasteiger charge is -2.28. The highest BCUT2D eigenvalue weighted by atomic mass is 19.1. The molecular formula is C20H20FN3O5. The highest BCUT2D eigenvalue weighted by Gasteiger charge is 2.23. The van der Waals surface area contributed by atoms with E-state index in [1.807, 2.05) is 4.90 Å². The van der Waals surface area contributed by atoms with Crippen molar-refractivity contribution in [2.75, 3.05) is 29.9 Å². The smallest absolute Gasteiger partial charge is 0.338 e. The summed E-state index contributed by atoms with van der Waals surface area (Å²) < 4.78 is 17.8. The van der Waals surface area contributed by atoms with E-state index in [9.17, 15) is 24.1 Å². The SMILES string of the molecule is O=C(COC(=O)c1ccc(N2CCCCC2)c([N+](=O)[O-])c1)Nc1ccc(F)cc1. The number of ether oxygens (including phenoxy) is 1. The highest BCUT2D eigenvalue weighted by molar-refractivity contribution is 5.96. The molecule has 1 amide bonds. The number of nitro benzene ring substituents is 1. The van der Waals surface area contributed by atoms with Crippen LogP contribution in [-0.2, 0) is 9.53 Å². The number of carbonyl (C=O) groups is 2. The van der Waals surface area contributed by atoms with Gasteiger partial charge in [-0.05, 0) is 55.7 Å². The third-order valence-electron chi connectivity index (χ3n) is 4.57. The van der Waals surface area contributed by atoms with Crippen molar-refractivity contribution in [3.63, 3.8) is 0 Å². The van der Waals surface area contributed by atoms with Crippen LogP contribution in [-0.4, -0.2) is 36.5 Å². The third kappa shape index (κ3) is 5.28. The van der Waals surface area contributed by atoms with Crippen molar-refractivity contribution in [2.24, 2.45) is 0 Å². The summed E-state index contributed by atoms with van der Waals surface area (Å²) in [5, 5.41) is 13.9. The molecular weight excluding hydrogens is 381 g/mol. The van der Waals surface area contributed by atoms with Crippen LogP contribution in [0.1, 0.15) is 29.6 Å². The average Bonchev–Trinajstić information content (AvgIpc) is 2.74. The number of nitrogens with zero attached hydrogens (tertiary/aromatic N) is 2. The summed E-state index contributed by atoms with van der Waals surface area (Å²) >= 11 is 0. The zero-order chi connectivity index (χ0) is 20.8. The molecule has 0 aliphatic carbocycles. The van der Waals surface area contributed by atoms with Crippen LogP contribution < -0.4 is 10.2 Å². The Morgan fingerprint density at radius 3 is 2.45 bits per heavy atom. The number of carbonyl (C=O) groups excluding carboxylic acids is 2. The van der Waals surface area contributed by atoms with Crippen LogP contribution in [0.3, 0.4) is 0 Å². The van der Waals surface area contributed by atoms with Crippen molar-refractivity contribution >= 4 is 28.9 Å². The van der Waals surface area contributed by atoms with Crippen molar-refractivity contribution < 1.29 is 23.6 Å². The molecule has 8 nitrogen and oxygen atoms in total. The number of esters is 1. The molecule has 0 unspecified atom stereocenters. The topological polar surface area (TPSA) is 102 Å². The number of halogens is 1. The zero-order valence-corrected chi connectivity index (χ0v) is 15.6. The number of hydrogen-bond acceptors (Lipinski definition) is 6. The molecule has 0 aromatic heterocycles. The van der Waals surface area contributed by atoms with Crippen LogP contribution in [0.15, 0.2) is 42.5 Å². The molecule has 1 N–H and O–H groups in total. The molecule has 1 fully saturated rings. The molecule has 1 heterocycles. The monoisotopic (exact) mass is 401 g/mol. The van der Waals surface area contributed by atoms with Gasteiger partial charge in [0.15, 0.2) is 6.61 Å². The molecule has 1 saturated heterocycles. The largest absolute Gasteiger partial charge is 0.452 e. The normalized spacial score (nSPS) is 13.6. The average molecular weight is 401 g/mol. The van der Waals surface area contributed by atoms with E-state index in [4.69, 9.17) is 4.74 Å². The number of hydrogen-bond donors (Lipinski definition) is 1. The summed E-state index contributed by atoms with van der Waals surface area (Å²) in [6.45, 7) is 0.889. The van der Waals surface area contributed by atoms with Crippen LogP contribution in [0.25, 0.3) is 0 Å². The molecule has 3 rings (SSSR count). The van der Waals surface area contributed by atoms with E-state index < -0.39 is 29.2 Å². The fourth-order valence-electron chi connectivity index (χ4n) is 3.14. The van der Waals surface area contributed by atoms with Crippen LogP contribution in [0.2, 0.25) is 0 Å². The van der Waals surface area contributed by atoms with E-state index in [1.165, 1.54) is 36.4 Å². The van der Waals surface area contributed by atoms with Gasteiger partial charge in [-0.15, -0.1) is 0 Å². The standard InChI is InChI=1S/C20H20FN3O5/c21-15-5-7-16(8-6-15)22-19(25)13-29-20(26)14-4-9-17(18(12-14)24(27)28)23-10-2-1-3-11-23/h4-9,12H,1-3,10-11,13H2,(H,22,25). The molecule has 152 valence electrons. The van der Waals surface area contributed by atoms with Crippen molar-refractivity contribution in [3.8, 4) is 0 Å². The van der Waals surface area contributed by atoms with Crippen molar-refractivity contribution in [1.82, 2.24) is 0 Å². The Hall–Kier alpha value is -3.49. The fourth-order valence-corrected chi connectivity index (χ4v) is 3.14. The molecule has 2 aromatic rings. The Morgan fingerprint density at radius 1 is 1.10 bits per heavy atom. The first-order chi connectivity index (χ1) is 13.9. The van der Waals surface area contributed by atoms with E-state index in [0.29, 0.717) is 11.4 Å². The van der Waals surface area contributed by atoms with Crippen LogP contribution >= 0.6 is 0 Å². The molecule has 1 aliphatic heterocycles. The first-order valence-corrected chi connectivity index (χ1v) is 9.20. The van der Waals surface area contributed by atoms with Crippen LogP contribution in [0.4, 0.5) is 21.5 Å². The predicted octanol–water partition coefficient (Wildman–Crippen LogP) is 3.52. The van der Waals surface area contributed by atoms with E-state index in [2.05, 4.69) is 5.32 Å². The summed E-state index contributed by atoms with van der Waals surface area (Å²) in [5.74, 6) is -1.89. The molecule has 0 atom stereocenters. The Morgan fingerprint density at radius 2 is 1.79 bits per heavy atom. The second kappa shape index (κ2) is 9.13. The van der Waals surface area contributed by atoms with Crippen molar-refractivity contribution in [1.29, 1.82) is 0 Å². The molecule has 1 aliphatic rings. The lowest BCUT2D eigenvalue weighted by molar-refractivity contribution is -0.384. The van der Waals surface area contributed by atoms with Gasteiger partial charge in [0.1, 0.15) is 11.5 Å². The number of piperidine rings is 1. The Balaban J connectivity index is 1.64. The summed E-state index contributed by atoms with van der Waals surface area (Å²) in [5.41, 5.74) is 0.651. The molecule has 2 aromatic carbocycles. The second-order valence-corrected chi connectivity index (χ2v) is 6.64. The van der Waals surface area contributed by atoms with Crippen LogP contribution in [0.5, 0.6) is 0 Å². The zero-order valence-electron chi connectivity index (χ0n) is 15.6. The van der Waals surface area contributed by atoms with E-state index in [-0.39, 0.29) is 11.3 Å².